The third-order valence-electron chi connectivity index (χ3n) is 8.06. The van der Waals surface area contributed by atoms with Crippen molar-refractivity contribution in [3.63, 3.8) is 0 Å². The zero-order valence-corrected chi connectivity index (χ0v) is 25.1. The van der Waals surface area contributed by atoms with Crippen molar-refractivity contribution in [1.29, 1.82) is 0 Å². The zero-order chi connectivity index (χ0) is 29.8. The van der Waals surface area contributed by atoms with E-state index >= 15 is 0 Å². The number of non-ortho nitro benzene ring substituents is 1. The molecule has 0 amide bonds. The Morgan fingerprint density at radius 3 is 1.83 bits per heavy atom. The number of ether oxygens (including phenoxy) is 2. The molecule has 9 heteroatoms. The summed E-state index contributed by atoms with van der Waals surface area (Å²) in [6.07, 6.45) is -0.301. The van der Waals surface area contributed by atoms with E-state index in [9.17, 15) is 19.7 Å². The number of nitro groups is 1. The predicted octanol–water partition coefficient (Wildman–Crippen LogP) is 5.28. The molecule has 0 spiro atoms. The lowest BCUT2D eigenvalue weighted by atomic mass is 9.78. The average Bonchev–Trinajstić information content (AvgIpc) is 2.97. The third kappa shape index (κ3) is 6.26. The maximum atomic E-state index is 13.1. The van der Waals surface area contributed by atoms with Crippen LogP contribution in [0, 0.1) is 22.0 Å². The smallest absolute Gasteiger partial charge is 0.338 e. The third-order valence-corrected chi connectivity index (χ3v) is 13.1. The van der Waals surface area contributed by atoms with Crippen LogP contribution in [0.5, 0.6) is 0 Å². The quantitative estimate of drug-likeness (QED) is 0.156. The van der Waals surface area contributed by atoms with Crippen LogP contribution in [0.3, 0.4) is 0 Å². The molecule has 4 rings (SSSR count). The summed E-state index contributed by atoms with van der Waals surface area (Å²) in [6, 6.07) is 25.8. The van der Waals surface area contributed by atoms with E-state index in [1.165, 1.54) is 31.4 Å². The largest absolute Gasteiger partial charge is 0.469 e. The fourth-order valence-corrected chi connectivity index (χ4v) is 10.6. The summed E-state index contributed by atoms with van der Waals surface area (Å²) in [5.41, 5.74) is 0.0875. The Balaban J connectivity index is 1.72. The van der Waals surface area contributed by atoms with Crippen LogP contribution < -0.4 is 10.4 Å². The lowest BCUT2D eigenvalue weighted by Gasteiger charge is -2.48. The van der Waals surface area contributed by atoms with Crippen molar-refractivity contribution in [2.75, 3.05) is 7.11 Å². The van der Waals surface area contributed by atoms with E-state index < -0.39 is 37.3 Å². The van der Waals surface area contributed by atoms with Gasteiger partial charge in [-0.05, 0) is 40.4 Å². The highest BCUT2D eigenvalue weighted by Gasteiger charge is 2.54. The maximum absolute atomic E-state index is 13.1. The Labute approximate surface area is 241 Å². The lowest BCUT2D eigenvalue weighted by Crippen LogP contribution is -2.68. The highest BCUT2D eigenvalue weighted by molar-refractivity contribution is 6.99. The first-order valence-electron chi connectivity index (χ1n) is 13.8. The van der Waals surface area contributed by atoms with E-state index in [1.807, 2.05) is 43.3 Å². The first-order chi connectivity index (χ1) is 19.5. The van der Waals surface area contributed by atoms with Crippen LogP contribution in [0.1, 0.15) is 50.9 Å². The monoisotopic (exact) mass is 575 g/mol. The summed E-state index contributed by atoms with van der Waals surface area (Å²) in [7, 11) is -1.60. The minimum Gasteiger partial charge on any atom is -0.469 e. The number of rotatable bonds is 8. The van der Waals surface area contributed by atoms with Crippen LogP contribution in [-0.2, 0) is 18.7 Å². The molecule has 4 atom stereocenters. The van der Waals surface area contributed by atoms with Gasteiger partial charge in [0.1, 0.15) is 6.10 Å². The second-order valence-electron chi connectivity index (χ2n) is 11.6. The Bertz CT molecular complexity index is 1320. The van der Waals surface area contributed by atoms with Crippen molar-refractivity contribution < 1.29 is 28.4 Å². The SMILES string of the molecule is COC(=O)[C@@H]1C[C@@H](OC(=O)c2ccc([N+](=O)[O-])cc2)[C@@H](C)[C@H](O[Si](c2ccccc2)(c2ccccc2)C(C)(C)C)C1. The van der Waals surface area contributed by atoms with Crippen molar-refractivity contribution in [3.05, 3.63) is 101 Å². The molecule has 1 aliphatic rings. The Hall–Kier alpha value is -3.82. The molecular formula is C32H37NO7Si. The molecule has 0 aromatic heterocycles. The van der Waals surface area contributed by atoms with Gasteiger partial charge in [-0.1, -0.05) is 88.4 Å². The number of carbonyl (C=O) groups is 2. The molecule has 0 saturated heterocycles. The summed E-state index contributed by atoms with van der Waals surface area (Å²) in [4.78, 5) is 36.5. The van der Waals surface area contributed by atoms with Crippen LogP contribution in [0.2, 0.25) is 5.04 Å². The molecule has 216 valence electrons. The molecule has 1 aliphatic carbocycles. The molecule has 0 bridgehead atoms. The minimum atomic E-state index is -2.96. The second kappa shape index (κ2) is 12.4. The normalized spacial score (nSPS) is 21.1. The van der Waals surface area contributed by atoms with Gasteiger partial charge < -0.3 is 13.9 Å². The molecule has 0 N–H and O–H groups in total. The number of nitro benzene ring substituents is 1. The Kier molecular flexibility index (Phi) is 9.09. The average molecular weight is 576 g/mol. The van der Waals surface area contributed by atoms with E-state index in [0.717, 1.165) is 10.4 Å². The van der Waals surface area contributed by atoms with Gasteiger partial charge in [-0.15, -0.1) is 0 Å². The van der Waals surface area contributed by atoms with Gasteiger partial charge >= 0.3 is 11.9 Å². The fourth-order valence-electron chi connectivity index (χ4n) is 5.84. The molecule has 41 heavy (non-hydrogen) atoms. The molecule has 0 unspecified atom stereocenters. The summed E-state index contributed by atoms with van der Waals surface area (Å²) in [6.45, 7) is 8.56. The molecule has 8 nitrogen and oxygen atoms in total. The van der Waals surface area contributed by atoms with Crippen LogP contribution in [0.4, 0.5) is 5.69 Å². The summed E-state index contributed by atoms with van der Waals surface area (Å²) in [5.74, 6) is -1.73. The van der Waals surface area contributed by atoms with Crippen molar-refractivity contribution in [2.45, 2.75) is 57.8 Å². The highest BCUT2D eigenvalue weighted by atomic mass is 28.4. The van der Waals surface area contributed by atoms with E-state index in [4.69, 9.17) is 13.9 Å². The molecule has 3 aromatic rings. The van der Waals surface area contributed by atoms with Crippen molar-refractivity contribution >= 4 is 36.3 Å². The minimum absolute atomic E-state index is 0.114. The van der Waals surface area contributed by atoms with Crippen molar-refractivity contribution in [3.8, 4) is 0 Å². The molecule has 0 heterocycles. The van der Waals surface area contributed by atoms with Gasteiger partial charge in [0.15, 0.2) is 0 Å². The van der Waals surface area contributed by atoms with Gasteiger partial charge in [0.25, 0.3) is 14.0 Å². The van der Waals surface area contributed by atoms with Gasteiger partial charge in [0.05, 0.1) is 29.6 Å². The Morgan fingerprint density at radius 2 is 1.37 bits per heavy atom. The second-order valence-corrected chi connectivity index (χ2v) is 15.9. The number of nitrogens with zero attached hydrogens (tertiary/aromatic N) is 1. The number of benzene rings is 3. The molecule has 1 saturated carbocycles. The number of hydrogen-bond donors (Lipinski definition) is 0. The first kappa shape index (κ1) is 30.1. The topological polar surface area (TPSA) is 105 Å². The van der Waals surface area contributed by atoms with E-state index in [-0.39, 0.29) is 28.2 Å². The van der Waals surface area contributed by atoms with Gasteiger partial charge in [-0.3, -0.25) is 14.9 Å². The molecule has 1 fully saturated rings. The van der Waals surface area contributed by atoms with Crippen molar-refractivity contribution in [2.24, 2.45) is 11.8 Å². The van der Waals surface area contributed by atoms with E-state index in [1.54, 1.807) is 0 Å². The summed E-state index contributed by atoms with van der Waals surface area (Å²) < 4.78 is 18.5. The number of hydrogen-bond acceptors (Lipinski definition) is 7. The van der Waals surface area contributed by atoms with Crippen LogP contribution in [0.15, 0.2) is 84.9 Å². The van der Waals surface area contributed by atoms with Crippen LogP contribution in [-0.4, -0.2) is 44.5 Å². The fraction of sp³-hybridized carbons (Fsp3) is 0.375. The van der Waals surface area contributed by atoms with Crippen LogP contribution >= 0.6 is 0 Å². The van der Waals surface area contributed by atoms with Gasteiger partial charge in [-0.2, -0.15) is 0 Å². The van der Waals surface area contributed by atoms with Crippen molar-refractivity contribution in [1.82, 2.24) is 0 Å². The summed E-state index contributed by atoms with van der Waals surface area (Å²) in [5, 5.41) is 13.0. The molecule has 3 aromatic carbocycles. The highest BCUT2D eigenvalue weighted by Crippen LogP contribution is 2.42. The molecule has 0 aliphatic heterocycles. The van der Waals surface area contributed by atoms with E-state index in [0.29, 0.717) is 12.8 Å². The van der Waals surface area contributed by atoms with Gasteiger partial charge in [-0.25, -0.2) is 4.79 Å². The van der Waals surface area contributed by atoms with E-state index in [2.05, 4.69) is 45.0 Å². The first-order valence-corrected chi connectivity index (χ1v) is 15.7. The maximum Gasteiger partial charge on any atom is 0.338 e. The zero-order valence-electron chi connectivity index (χ0n) is 24.1. The number of carbonyl (C=O) groups excluding carboxylic acids is 2. The molecule has 0 radical (unpaired) electrons. The standard InChI is InChI=1S/C32H37NO7Si/c1-22-28(39-31(35)23-16-18-25(19-17-23)33(36)37)20-24(30(34)38-5)21-29(22)40-41(32(2,3)4,26-12-8-6-9-13-26)27-14-10-7-11-15-27/h6-19,22,24,28-29H,20-21H2,1-5H3/t22-,24-,28-,29-/m1/s1. The van der Waals surface area contributed by atoms with Gasteiger partial charge in [0, 0.05) is 18.1 Å². The number of esters is 2. The number of methoxy groups -OCH3 is 1. The summed E-state index contributed by atoms with van der Waals surface area (Å²) >= 11 is 0. The van der Waals surface area contributed by atoms with Crippen LogP contribution in [0.25, 0.3) is 0 Å². The molecular weight excluding hydrogens is 538 g/mol. The predicted molar refractivity (Wildman–Crippen MR) is 159 cm³/mol. The lowest BCUT2D eigenvalue weighted by molar-refractivity contribution is -0.384. The Morgan fingerprint density at radius 1 is 0.854 bits per heavy atom. The van der Waals surface area contributed by atoms with Gasteiger partial charge in [0.2, 0.25) is 0 Å².